The summed E-state index contributed by atoms with van der Waals surface area (Å²) in [7, 11) is 0. The maximum Gasteiger partial charge on any atom is 0.344 e. The normalized spacial score (nSPS) is 13.9. The van der Waals surface area contributed by atoms with E-state index in [1.165, 1.54) is 0 Å². The minimum absolute atomic E-state index is 0.173. The largest absolute Gasteiger partial charge is 0.452 e. The van der Waals surface area contributed by atoms with Gasteiger partial charge in [0.2, 0.25) is 0 Å². The highest BCUT2D eigenvalue weighted by molar-refractivity contribution is 6.04. The summed E-state index contributed by atoms with van der Waals surface area (Å²) in [6, 6.07) is 6.91. The molecular weight excluding hydrogens is 362 g/mol. The first-order chi connectivity index (χ1) is 13.5. The van der Waals surface area contributed by atoms with Gasteiger partial charge in [-0.1, -0.05) is 30.1 Å². The average Bonchev–Trinajstić information content (AvgIpc) is 3.29. The van der Waals surface area contributed by atoms with Crippen LogP contribution in [0.5, 0.6) is 0 Å². The van der Waals surface area contributed by atoms with Crippen molar-refractivity contribution in [3.63, 3.8) is 0 Å². The van der Waals surface area contributed by atoms with Gasteiger partial charge in [-0.2, -0.15) is 0 Å². The van der Waals surface area contributed by atoms with Crippen molar-refractivity contribution >= 4 is 23.5 Å². The Balaban J connectivity index is 1.59. The Bertz CT molecular complexity index is 864. The lowest BCUT2D eigenvalue weighted by molar-refractivity contribution is -0.119. The van der Waals surface area contributed by atoms with Crippen LogP contribution in [0.2, 0.25) is 0 Å². The number of carbonyl (C=O) groups excluding carboxylic acids is 3. The minimum Gasteiger partial charge on any atom is -0.452 e. The number of para-hydroxylation sites is 1. The first kappa shape index (κ1) is 19.6. The summed E-state index contributed by atoms with van der Waals surface area (Å²) >= 11 is 0. The number of hydrogen-bond donors (Lipinski definition) is 2. The molecule has 8 nitrogen and oxygen atoms in total. The number of esters is 1. The number of nitrogens with zero attached hydrogens (tertiary/aromatic N) is 1. The second kappa shape index (κ2) is 8.69. The number of carbonyl (C=O) groups is 3. The third kappa shape index (κ3) is 4.57. The molecule has 1 heterocycles. The summed E-state index contributed by atoms with van der Waals surface area (Å²) < 4.78 is 9.96. The number of nitrogens with one attached hydrogen (secondary N) is 2. The van der Waals surface area contributed by atoms with Crippen molar-refractivity contribution in [3.05, 3.63) is 46.8 Å². The molecule has 0 spiro atoms. The van der Waals surface area contributed by atoms with Crippen molar-refractivity contribution < 1.29 is 23.6 Å². The molecule has 1 fully saturated rings. The quantitative estimate of drug-likeness (QED) is 0.740. The van der Waals surface area contributed by atoms with E-state index in [2.05, 4.69) is 15.8 Å². The number of aryl methyl sites for hydroxylation is 2. The molecule has 2 amide bonds. The lowest BCUT2D eigenvalue weighted by Crippen LogP contribution is -2.33. The van der Waals surface area contributed by atoms with E-state index in [0.717, 1.165) is 25.7 Å². The van der Waals surface area contributed by atoms with Crippen LogP contribution in [0, 0.1) is 13.8 Å². The maximum atomic E-state index is 12.5. The minimum atomic E-state index is -0.682. The van der Waals surface area contributed by atoms with E-state index >= 15 is 0 Å². The number of amides is 2. The summed E-state index contributed by atoms with van der Waals surface area (Å²) in [4.78, 5) is 36.9. The van der Waals surface area contributed by atoms with Crippen molar-refractivity contribution in [1.82, 2.24) is 10.5 Å². The van der Waals surface area contributed by atoms with E-state index in [4.69, 9.17) is 9.26 Å². The fourth-order valence-electron chi connectivity index (χ4n) is 3.29. The van der Waals surface area contributed by atoms with Gasteiger partial charge >= 0.3 is 5.97 Å². The molecule has 1 saturated carbocycles. The number of aromatic nitrogens is 1. The smallest absolute Gasteiger partial charge is 0.344 e. The summed E-state index contributed by atoms with van der Waals surface area (Å²) in [5.74, 6) is -1.12. The van der Waals surface area contributed by atoms with Crippen LogP contribution < -0.4 is 10.6 Å². The first-order valence-electron chi connectivity index (χ1n) is 9.25. The van der Waals surface area contributed by atoms with E-state index < -0.39 is 18.5 Å². The molecule has 2 N–H and O–H groups in total. The van der Waals surface area contributed by atoms with Gasteiger partial charge in [0.1, 0.15) is 11.3 Å². The summed E-state index contributed by atoms with van der Waals surface area (Å²) in [6.45, 7) is 2.73. The lowest BCUT2D eigenvalue weighted by Gasteiger charge is -2.15. The van der Waals surface area contributed by atoms with Gasteiger partial charge in [0.15, 0.2) is 6.61 Å². The van der Waals surface area contributed by atoms with Crippen LogP contribution in [-0.2, 0) is 9.53 Å². The maximum absolute atomic E-state index is 12.5. The van der Waals surface area contributed by atoms with Gasteiger partial charge in [0.05, 0.1) is 16.9 Å². The monoisotopic (exact) mass is 385 g/mol. The van der Waals surface area contributed by atoms with Gasteiger partial charge in [0.25, 0.3) is 11.8 Å². The Labute approximate surface area is 162 Å². The summed E-state index contributed by atoms with van der Waals surface area (Å²) in [5, 5.41) is 9.31. The highest BCUT2D eigenvalue weighted by Gasteiger charge is 2.22. The fourth-order valence-corrected chi connectivity index (χ4v) is 3.29. The number of ether oxygens (including phenoxy) is 1. The number of rotatable bonds is 6. The first-order valence-corrected chi connectivity index (χ1v) is 9.25. The Hall–Kier alpha value is -3.16. The van der Waals surface area contributed by atoms with Crippen LogP contribution >= 0.6 is 0 Å². The molecule has 1 aliphatic rings. The molecule has 148 valence electrons. The van der Waals surface area contributed by atoms with Gasteiger partial charge in [0, 0.05) is 6.04 Å². The van der Waals surface area contributed by atoms with Crippen molar-refractivity contribution in [3.8, 4) is 0 Å². The molecular formula is C20H23N3O5. The zero-order valence-electron chi connectivity index (χ0n) is 15.9. The second-order valence-electron chi connectivity index (χ2n) is 6.82. The van der Waals surface area contributed by atoms with E-state index in [9.17, 15) is 14.4 Å². The molecule has 8 heteroatoms. The zero-order chi connectivity index (χ0) is 20.1. The molecule has 0 bridgehead atoms. The van der Waals surface area contributed by atoms with E-state index in [0.29, 0.717) is 22.7 Å². The third-order valence-electron chi connectivity index (χ3n) is 4.71. The average molecular weight is 385 g/mol. The highest BCUT2D eigenvalue weighted by Crippen LogP contribution is 2.20. The van der Waals surface area contributed by atoms with E-state index in [1.54, 1.807) is 38.1 Å². The molecule has 28 heavy (non-hydrogen) atoms. The Kier molecular flexibility index (Phi) is 6.08. The van der Waals surface area contributed by atoms with Crippen LogP contribution in [0.1, 0.15) is 57.9 Å². The molecule has 0 unspecified atom stereocenters. The van der Waals surface area contributed by atoms with Crippen molar-refractivity contribution in [1.29, 1.82) is 0 Å². The van der Waals surface area contributed by atoms with Crippen LogP contribution in [0.25, 0.3) is 0 Å². The van der Waals surface area contributed by atoms with Gasteiger partial charge in [-0.3, -0.25) is 9.59 Å². The van der Waals surface area contributed by atoms with E-state index in [1.807, 2.05) is 0 Å². The van der Waals surface area contributed by atoms with Gasteiger partial charge < -0.3 is 19.9 Å². The third-order valence-corrected chi connectivity index (χ3v) is 4.71. The number of hydrogen-bond acceptors (Lipinski definition) is 6. The summed E-state index contributed by atoms with van der Waals surface area (Å²) in [6.07, 6.45) is 4.16. The molecule has 0 atom stereocenters. The molecule has 3 rings (SSSR count). The van der Waals surface area contributed by atoms with Crippen LogP contribution in [-0.4, -0.2) is 35.6 Å². The Morgan fingerprint density at radius 1 is 1.18 bits per heavy atom. The molecule has 0 radical (unpaired) electrons. The molecule has 1 aliphatic carbocycles. The highest BCUT2D eigenvalue weighted by atomic mass is 16.5. The fraction of sp³-hybridized carbons (Fsp3) is 0.400. The van der Waals surface area contributed by atoms with Crippen molar-refractivity contribution in [2.75, 3.05) is 11.9 Å². The molecule has 2 aromatic rings. The molecule has 1 aromatic heterocycles. The predicted molar refractivity (Wildman–Crippen MR) is 101 cm³/mol. The SMILES string of the molecule is Cc1noc(C)c1C(=O)OCC(=O)Nc1ccccc1C(=O)NC1CCCC1. The van der Waals surface area contributed by atoms with Gasteiger partial charge in [-0.25, -0.2) is 4.79 Å². The Morgan fingerprint density at radius 2 is 1.89 bits per heavy atom. The predicted octanol–water partition coefficient (Wildman–Crippen LogP) is 2.76. The van der Waals surface area contributed by atoms with Crippen molar-refractivity contribution in [2.24, 2.45) is 0 Å². The molecule has 0 aliphatic heterocycles. The topological polar surface area (TPSA) is 111 Å². The molecule has 0 saturated heterocycles. The second-order valence-corrected chi connectivity index (χ2v) is 6.82. The van der Waals surface area contributed by atoms with Crippen LogP contribution in [0.15, 0.2) is 28.8 Å². The van der Waals surface area contributed by atoms with Crippen LogP contribution in [0.3, 0.4) is 0 Å². The molecule has 1 aromatic carbocycles. The van der Waals surface area contributed by atoms with Gasteiger partial charge in [-0.15, -0.1) is 0 Å². The Morgan fingerprint density at radius 3 is 2.57 bits per heavy atom. The van der Waals surface area contributed by atoms with Crippen molar-refractivity contribution in [2.45, 2.75) is 45.6 Å². The standard InChI is InChI=1S/C20H23N3O5/c1-12-18(13(2)28-23-12)20(26)27-11-17(24)22-16-10-6-5-9-15(16)19(25)21-14-7-3-4-8-14/h5-6,9-10,14H,3-4,7-8,11H2,1-2H3,(H,21,25)(H,22,24). The van der Waals surface area contributed by atoms with Crippen LogP contribution in [0.4, 0.5) is 5.69 Å². The zero-order valence-corrected chi connectivity index (χ0v) is 15.9. The lowest BCUT2D eigenvalue weighted by atomic mass is 10.1. The summed E-state index contributed by atoms with van der Waals surface area (Å²) in [5.41, 5.74) is 1.36. The van der Waals surface area contributed by atoms with Gasteiger partial charge in [-0.05, 0) is 38.8 Å². The number of anilines is 1. The van der Waals surface area contributed by atoms with E-state index in [-0.39, 0.29) is 17.5 Å². The number of benzene rings is 1.